The minimum absolute atomic E-state index is 0.235. The third-order valence-electron chi connectivity index (χ3n) is 3.26. The van der Waals surface area contributed by atoms with Crippen molar-refractivity contribution in [1.82, 2.24) is 5.32 Å². The number of rotatable bonds is 4. The summed E-state index contributed by atoms with van der Waals surface area (Å²) in [5.74, 6) is 2.96. The molecular formula is C14H17FN2S. The van der Waals surface area contributed by atoms with Crippen LogP contribution in [-0.4, -0.2) is 18.1 Å². The Morgan fingerprint density at radius 1 is 1.39 bits per heavy atom. The predicted octanol–water partition coefficient (Wildman–Crippen LogP) is 2.93. The van der Waals surface area contributed by atoms with Gasteiger partial charge in [0.2, 0.25) is 0 Å². The summed E-state index contributed by atoms with van der Waals surface area (Å²) in [5.41, 5.74) is 1.10. The molecule has 4 heteroatoms. The third-order valence-corrected chi connectivity index (χ3v) is 4.31. The van der Waals surface area contributed by atoms with Gasteiger partial charge in [-0.1, -0.05) is 0 Å². The van der Waals surface area contributed by atoms with Crippen LogP contribution in [-0.2, 0) is 6.54 Å². The van der Waals surface area contributed by atoms with Crippen LogP contribution in [0.4, 0.5) is 4.39 Å². The Hall–Kier alpha value is -1.05. The zero-order chi connectivity index (χ0) is 12.8. The summed E-state index contributed by atoms with van der Waals surface area (Å²) in [6.07, 6.45) is 2.50. The van der Waals surface area contributed by atoms with Crippen LogP contribution >= 0.6 is 11.8 Å². The molecule has 96 valence electrons. The molecule has 1 heterocycles. The standard InChI is InChI=1S/C14H17FN2S/c15-14-2-1-12(8-16)7-13(14)10-17-9-11-3-5-18-6-4-11/h1-2,7,11,17H,3-6,9-10H2. The monoisotopic (exact) mass is 264 g/mol. The lowest BCUT2D eigenvalue weighted by Crippen LogP contribution is -2.25. The minimum Gasteiger partial charge on any atom is -0.312 e. The fourth-order valence-electron chi connectivity index (χ4n) is 2.14. The Morgan fingerprint density at radius 2 is 2.17 bits per heavy atom. The van der Waals surface area contributed by atoms with Gasteiger partial charge < -0.3 is 5.32 Å². The number of nitriles is 1. The molecule has 1 fully saturated rings. The second kappa shape index (κ2) is 6.77. The van der Waals surface area contributed by atoms with E-state index in [4.69, 9.17) is 5.26 Å². The molecule has 2 rings (SSSR count). The molecule has 0 saturated carbocycles. The van der Waals surface area contributed by atoms with Gasteiger partial charge in [0.15, 0.2) is 0 Å². The maximum absolute atomic E-state index is 13.5. The molecule has 1 aromatic carbocycles. The number of hydrogen-bond donors (Lipinski definition) is 1. The van der Waals surface area contributed by atoms with E-state index in [-0.39, 0.29) is 5.82 Å². The molecule has 1 saturated heterocycles. The van der Waals surface area contributed by atoms with Gasteiger partial charge in [0.1, 0.15) is 5.82 Å². The van der Waals surface area contributed by atoms with Crippen LogP contribution in [0.1, 0.15) is 24.0 Å². The maximum atomic E-state index is 13.5. The van der Waals surface area contributed by atoms with Gasteiger partial charge >= 0.3 is 0 Å². The van der Waals surface area contributed by atoms with Crippen molar-refractivity contribution < 1.29 is 4.39 Å². The molecule has 1 aromatic rings. The van der Waals surface area contributed by atoms with Gasteiger partial charge in [-0.05, 0) is 55.0 Å². The van der Waals surface area contributed by atoms with Gasteiger partial charge in [-0.3, -0.25) is 0 Å². The average molecular weight is 264 g/mol. The fourth-order valence-corrected chi connectivity index (χ4v) is 3.35. The second-order valence-electron chi connectivity index (χ2n) is 4.60. The number of halogens is 1. The zero-order valence-corrected chi connectivity index (χ0v) is 11.1. The molecule has 2 nitrogen and oxygen atoms in total. The molecule has 0 atom stereocenters. The highest BCUT2D eigenvalue weighted by Gasteiger charge is 2.13. The van der Waals surface area contributed by atoms with Crippen molar-refractivity contribution in [3.8, 4) is 6.07 Å². The van der Waals surface area contributed by atoms with Crippen molar-refractivity contribution in [2.45, 2.75) is 19.4 Å². The van der Waals surface area contributed by atoms with Crippen LogP contribution < -0.4 is 5.32 Å². The van der Waals surface area contributed by atoms with Gasteiger partial charge in [-0.2, -0.15) is 17.0 Å². The summed E-state index contributed by atoms with van der Waals surface area (Å²) >= 11 is 2.01. The van der Waals surface area contributed by atoms with Crippen LogP contribution in [0.3, 0.4) is 0 Å². The first-order valence-corrected chi connectivity index (χ1v) is 7.42. The highest BCUT2D eigenvalue weighted by Crippen LogP contribution is 2.22. The van der Waals surface area contributed by atoms with Crippen molar-refractivity contribution in [3.05, 3.63) is 35.1 Å². The SMILES string of the molecule is N#Cc1ccc(F)c(CNCC2CCSCC2)c1. The normalized spacial score (nSPS) is 16.4. The number of benzene rings is 1. The lowest BCUT2D eigenvalue weighted by molar-refractivity contribution is 0.444. The van der Waals surface area contributed by atoms with E-state index in [1.807, 2.05) is 17.8 Å². The number of hydrogen-bond acceptors (Lipinski definition) is 3. The number of thioether (sulfide) groups is 1. The van der Waals surface area contributed by atoms with Gasteiger partial charge in [-0.25, -0.2) is 4.39 Å². The molecular weight excluding hydrogens is 247 g/mol. The summed E-state index contributed by atoms with van der Waals surface area (Å²) in [6, 6.07) is 6.54. The summed E-state index contributed by atoms with van der Waals surface area (Å²) in [4.78, 5) is 0. The van der Waals surface area contributed by atoms with E-state index in [1.54, 1.807) is 6.07 Å². The lowest BCUT2D eigenvalue weighted by Gasteiger charge is -2.21. The largest absolute Gasteiger partial charge is 0.312 e. The van der Waals surface area contributed by atoms with Crippen LogP contribution in [0.25, 0.3) is 0 Å². The van der Waals surface area contributed by atoms with E-state index in [0.717, 1.165) is 6.54 Å². The molecule has 0 unspecified atom stereocenters. The first-order chi connectivity index (χ1) is 8.79. The average Bonchev–Trinajstić information content (AvgIpc) is 2.42. The van der Waals surface area contributed by atoms with Crippen LogP contribution in [0.15, 0.2) is 18.2 Å². The van der Waals surface area contributed by atoms with Gasteiger partial charge in [-0.15, -0.1) is 0 Å². The van der Waals surface area contributed by atoms with E-state index < -0.39 is 0 Å². The van der Waals surface area contributed by atoms with E-state index in [0.29, 0.717) is 23.6 Å². The molecule has 0 spiro atoms. The summed E-state index contributed by atoms with van der Waals surface area (Å²) in [7, 11) is 0. The molecule has 0 bridgehead atoms. The van der Waals surface area contributed by atoms with E-state index in [2.05, 4.69) is 5.32 Å². The topological polar surface area (TPSA) is 35.8 Å². The Labute approximate surface area is 112 Å². The molecule has 0 amide bonds. The van der Waals surface area contributed by atoms with Gasteiger partial charge in [0.25, 0.3) is 0 Å². The summed E-state index contributed by atoms with van der Waals surface area (Å²) in [6.45, 7) is 1.45. The predicted molar refractivity (Wildman–Crippen MR) is 72.9 cm³/mol. The molecule has 1 aliphatic heterocycles. The maximum Gasteiger partial charge on any atom is 0.127 e. The minimum atomic E-state index is -0.235. The van der Waals surface area contributed by atoms with Crippen molar-refractivity contribution >= 4 is 11.8 Å². The number of nitrogens with one attached hydrogen (secondary N) is 1. The van der Waals surface area contributed by atoms with Crippen LogP contribution in [0.5, 0.6) is 0 Å². The second-order valence-corrected chi connectivity index (χ2v) is 5.83. The number of nitrogens with zero attached hydrogens (tertiary/aromatic N) is 1. The smallest absolute Gasteiger partial charge is 0.127 e. The Balaban J connectivity index is 1.84. The van der Waals surface area contributed by atoms with Crippen molar-refractivity contribution in [2.75, 3.05) is 18.1 Å². The molecule has 0 aliphatic carbocycles. The van der Waals surface area contributed by atoms with Gasteiger partial charge in [0.05, 0.1) is 11.6 Å². The molecule has 18 heavy (non-hydrogen) atoms. The molecule has 0 aromatic heterocycles. The molecule has 0 radical (unpaired) electrons. The first kappa shape index (κ1) is 13.4. The van der Waals surface area contributed by atoms with Crippen molar-refractivity contribution in [1.29, 1.82) is 5.26 Å². The van der Waals surface area contributed by atoms with E-state index in [1.165, 1.54) is 36.5 Å². The third kappa shape index (κ3) is 3.72. The Morgan fingerprint density at radius 3 is 2.89 bits per heavy atom. The molecule has 1 N–H and O–H groups in total. The Kier molecular flexibility index (Phi) is 5.03. The van der Waals surface area contributed by atoms with Crippen molar-refractivity contribution in [3.63, 3.8) is 0 Å². The highest BCUT2D eigenvalue weighted by atomic mass is 32.2. The van der Waals surface area contributed by atoms with Crippen LogP contribution in [0, 0.1) is 23.1 Å². The first-order valence-electron chi connectivity index (χ1n) is 6.26. The van der Waals surface area contributed by atoms with E-state index >= 15 is 0 Å². The van der Waals surface area contributed by atoms with E-state index in [9.17, 15) is 4.39 Å². The summed E-state index contributed by atoms with van der Waals surface area (Å²) in [5, 5.41) is 12.1. The highest BCUT2D eigenvalue weighted by molar-refractivity contribution is 7.99. The Bertz CT molecular complexity index is 436. The quantitative estimate of drug-likeness (QED) is 0.908. The van der Waals surface area contributed by atoms with Crippen molar-refractivity contribution in [2.24, 2.45) is 5.92 Å². The molecule has 1 aliphatic rings. The van der Waals surface area contributed by atoms with Crippen LogP contribution in [0.2, 0.25) is 0 Å². The summed E-state index contributed by atoms with van der Waals surface area (Å²) < 4.78 is 13.5. The fraction of sp³-hybridized carbons (Fsp3) is 0.500. The zero-order valence-electron chi connectivity index (χ0n) is 10.3. The van der Waals surface area contributed by atoms with Gasteiger partial charge in [0, 0.05) is 12.1 Å². The lowest BCUT2D eigenvalue weighted by atomic mass is 10.0.